The molecular formula is C12H18O. The SMILES string of the molecule is CC#CCCC1(O)CC2CCC1C2. The highest BCUT2D eigenvalue weighted by molar-refractivity contribution is 5.04. The first-order valence-corrected chi connectivity index (χ1v) is 5.36. The van der Waals surface area contributed by atoms with E-state index < -0.39 is 0 Å². The average molecular weight is 178 g/mol. The summed E-state index contributed by atoms with van der Waals surface area (Å²) in [5.41, 5.74) is -0.341. The zero-order chi connectivity index (χ0) is 9.31. The first kappa shape index (κ1) is 9.09. The predicted molar refractivity (Wildman–Crippen MR) is 53.1 cm³/mol. The molecule has 13 heavy (non-hydrogen) atoms. The third kappa shape index (κ3) is 1.60. The number of aliphatic hydroxyl groups is 1. The van der Waals surface area contributed by atoms with Crippen molar-refractivity contribution >= 4 is 0 Å². The Kier molecular flexibility index (Phi) is 2.34. The summed E-state index contributed by atoms with van der Waals surface area (Å²) in [5.74, 6) is 7.36. The van der Waals surface area contributed by atoms with Crippen molar-refractivity contribution in [2.75, 3.05) is 0 Å². The molecule has 3 unspecified atom stereocenters. The normalized spacial score (nSPS) is 41.7. The van der Waals surface area contributed by atoms with Crippen LogP contribution < -0.4 is 0 Å². The van der Waals surface area contributed by atoms with Crippen LogP contribution in [0.3, 0.4) is 0 Å². The van der Waals surface area contributed by atoms with Gasteiger partial charge in [0, 0.05) is 6.42 Å². The fourth-order valence-electron chi connectivity index (χ4n) is 3.13. The Hall–Kier alpha value is -0.480. The van der Waals surface area contributed by atoms with Crippen LogP contribution in [-0.2, 0) is 0 Å². The third-order valence-corrected chi connectivity index (χ3v) is 3.80. The van der Waals surface area contributed by atoms with Crippen molar-refractivity contribution in [3.63, 3.8) is 0 Å². The minimum Gasteiger partial charge on any atom is -0.390 e. The van der Waals surface area contributed by atoms with Gasteiger partial charge in [-0.1, -0.05) is 0 Å². The first-order chi connectivity index (χ1) is 6.24. The molecule has 3 atom stereocenters. The summed E-state index contributed by atoms with van der Waals surface area (Å²) < 4.78 is 0. The van der Waals surface area contributed by atoms with Gasteiger partial charge >= 0.3 is 0 Å². The van der Waals surface area contributed by atoms with E-state index in [0.717, 1.165) is 25.2 Å². The van der Waals surface area contributed by atoms with Gasteiger partial charge in [0.1, 0.15) is 0 Å². The van der Waals surface area contributed by atoms with E-state index in [4.69, 9.17) is 0 Å². The van der Waals surface area contributed by atoms with Gasteiger partial charge < -0.3 is 5.11 Å². The van der Waals surface area contributed by atoms with E-state index in [1.807, 2.05) is 6.92 Å². The lowest BCUT2D eigenvalue weighted by atomic mass is 9.81. The molecule has 0 radical (unpaired) electrons. The predicted octanol–water partition coefficient (Wildman–Crippen LogP) is 2.34. The average Bonchev–Trinajstić information content (AvgIpc) is 2.64. The second kappa shape index (κ2) is 3.35. The van der Waals surface area contributed by atoms with Gasteiger partial charge in [-0.3, -0.25) is 0 Å². The monoisotopic (exact) mass is 178 g/mol. The summed E-state index contributed by atoms with van der Waals surface area (Å²) in [4.78, 5) is 0. The van der Waals surface area contributed by atoms with Crippen LogP contribution in [0.1, 0.15) is 45.4 Å². The molecule has 0 saturated heterocycles. The van der Waals surface area contributed by atoms with Gasteiger partial charge in [-0.25, -0.2) is 0 Å². The van der Waals surface area contributed by atoms with Gasteiger partial charge in [0.2, 0.25) is 0 Å². The van der Waals surface area contributed by atoms with E-state index in [9.17, 15) is 5.11 Å². The lowest BCUT2D eigenvalue weighted by molar-refractivity contribution is -0.0191. The quantitative estimate of drug-likeness (QED) is 0.643. The molecule has 1 nitrogen and oxygen atoms in total. The Bertz CT molecular complexity index is 248. The number of rotatable bonds is 2. The summed E-state index contributed by atoms with van der Waals surface area (Å²) in [6, 6.07) is 0. The van der Waals surface area contributed by atoms with E-state index in [1.165, 1.54) is 19.3 Å². The molecule has 2 saturated carbocycles. The number of hydrogen-bond donors (Lipinski definition) is 1. The maximum absolute atomic E-state index is 10.3. The van der Waals surface area contributed by atoms with Gasteiger partial charge in [0.15, 0.2) is 0 Å². The fourth-order valence-corrected chi connectivity index (χ4v) is 3.13. The molecule has 0 aromatic rings. The second-order valence-electron chi connectivity index (χ2n) is 4.61. The molecule has 0 heterocycles. The van der Waals surface area contributed by atoms with Crippen molar-refractivity contribution in [2.24, 2.45) is 11.8 Å². The van der Waals surface area contributed by atoms with Crippen LogP contribution in [0.25, 0.3) is 0 Å². The summed E-state index contributed by atoms with van der Waals surface area (Å²) in [6.07, 6.45) is 6.69. The maximum Gasteiger partial charge on any atom is 0.0687 e. The molecule has 2 fully saturated rings. The minimum atomic E-state index is -0.341. The zero-order valence-corrected chi connectivity index (χ0v) is 8.34. The zero-order valence-electron chi connectivity index (χ0n) is 8.34. The topological polar surface area (TPSA) is 20.2 Å². The highest BCUT2D eigenvalue weighted by Gasteiger charge is 2.49. The Balaban J connectivity index is 1.92. The number of fused-ring (bicyclic) bond motifs is 2. The van der Waals surface area contributed by atoms with E-state index in [0.29, 0.717) is 5.92 Å². The largest absolute Gasteiger partial charge is 0.390 e. The van der Waals surface area contributed by atoms with Gasteiger partial charge in [-0.05, 0) is 50.9 Å². The molecule has 0 spiro atoms. The fraction of sp³-hybridized carbons (Fsp3) is 0.833. The van der Waals surface area contributed by atoms with Crippen molar-refractivity contribution in [1.29, 1.82) is 0 Å². The van der Waals surface area contributed by atoms with Gasteiger partial charge in [0.05, 0.1) is 5.60 Å². The third-order valence-electron chi connectivity index (χ3n) is 3.80. The Morgan fingerprint density at radius 2 is 2.31 bits per heavy atom. The summed E-state index contributed by atoms with van der Waals surface area (Å²) in [7, 11) is 0. The maximum atomic E-state index is 10.3. The van der Waals surface area contributed by atoms with Crippen LogP contribution in [0.5, 0.6) is 0 Å². The summed E-state index contributed by atoms with van der Waals surface area (Å²) in [5, 5.41) is 10.3. The van der Waals surface area contributed by atoms with Crippen LogP contribution in [-0.4, -0.2) is 10.7 Å². The second-order valence-corrected chi connectivity index (χ2v) is 4.61. The van der Waals surface area contributed by atoms with Crippen molar-refractivity contribution in [1.82, 2.24) is 0 Å². The Morgan fingerprint density at radius 1 is 1.46 bits per heavy atom. The molecule has 2 rings (SSSR count). The van der Waals surface area contributed by atoms with Gasteiger partial charge in [-0.15, -0.1) is 11.8 Å². The summed E-state index contributed by atoms with van der Waals surface area (Å²) in [6.45, 7) is 1.87. The van der Waals surface area contributed by atoms with Crippen LogP contribution in [0.4, 0.5) is 0 Å². The van der Waals surface area contributed by atoms with Crippen LogP contribution in [0.15, 0.2) is 0 Å². The van der Waals surface area contributed by atoms with E-state index in [2.05, 4.69) is 11.8 Å². The molecule has 0 aromatic heterocycles. The van der Waals surface area contributed by atoms with Crippen LogP contribution in [0.2, 0.25) is 0 Å². The molecule has 1 N–H and O–H groups in total. The van der Waals surface area contributed by atoms with Crippen LogP contribution >= 0.6 is 0 Å². The van der Waals surface area contributed by atoms with Crippen molar-refractivity contribution in [3.05, 3.63) is 0 Å². The highest BCUT2D eigenvalue weighted by Crippen LogP contribution is 2.52. The lowest BCUT2D eigenvalue weighted by Crippen LogP contribution is -2.34. The molecule has 2 bridgehead atoms. The van der Waals surface area contributed by atoms with Crippen molar-refractivity contribution in [2.45, 2.75) is 51.0 Å². The van der Waals surface area contributed by atoms with Crippen molar-refractivity contribution in [3.8, 4) is 11.8 Å². The minimum absolute atomic E-state index is 0.341. The van der Waals surface area contributed by atoms with E-state index in [1.54, 1.807) is 0 Å². The molecule has 72 valence electrons. The lowest BCUT2D eigenvalue weighted by Gasteiger charge is -2.31. The molecule has 0 aromatic carbocycles. The first-order valence-electron chi connectivity index (χ1n) is 5.36. The molecule has 0 aliphatic heterocycles. The van der Waals surface area contributed by atoms with E-state index in [-0.39, 0.29) is 5.60 Å². The molecular weight excluding hydrogens is 160 g/mol. The highest BCUT2D eigenvalue weighted by atomic mass is 16.3. The molecule has 0 amide bonds. The van der Waals surface area contributed by atoms with Gasteiger partial charge in [0.25, 0.3) is 0 Å². The van der Waals surface area contributed by atoms with Crippen molar-refractivity contribution < 1.29 is 5.11 Å². The van der Waals surface area contributed by atoms with E-state index >= 15 is 0 Å². The molecule has 2 aliphatic rings. The summed E-state index contributed by atoms with van der Waals surface area (Å²) >= 11 is 0. The number of hydrogen-bond acceptors (Lipinski definition) is 1. The molecule has 2 aliphatic carbocycles. The Labute approximate surface area is 80.5 Å². The molecule has 1 heteroatoms. The Morgan fingerprint density at radius 3 is 2.85 bits per heavy atom. The smallest absolute Gasteiger partial charge is 0.0687 e. The van der Waals surface area contributed by atoms with Crippen LogP contribution in [0, 0.1) is 23.7 Å². The standard InChI is InChI=1S/C12H18O/c1-2-3-4-7-12(13)9-10-5-6-11(12)8-10/h10-11,13H,4-9H2,1H3. The van der Waals surface area contributed by atoms with Gasteiger partial charge in [-0.2, -0.15) is 0 Å².